The summed E-state index contributed by atoms with van der Waals surface area (Å²) in [5, 5.41) is 0. The minimum absolute atomic E-state index is 0.295. The topological polar surface area (TPSA) is 52.1 Å². The van der Waals surface area contributed by atoms with Gasteiger partial charge in [0.1, 0.15) is 12.4 Å². The van der Waals surface area contributed by atoms with Crippen LogP contribution in [0.25, 0.3) is 0 Å². The van der Waals surface area contributed by atoms with Gasteiger partial charge in [0.25, 0.3) is 0 Å². The lowest BCUT2D eigenvalue weighted by Crippen LogP contribution is -2.02. The Labute approximate surface area is 106 Å². The number of hydrogen-bond donors (Lipinski definition) is 0. The molecule has 0 aliphatic carbocycles. The minimum atomic E-state index is 0.295. The third-order valence-electron chi connectivity index (χ3n) is 2.56. The molecule has 0 amide bonds. The van der Waals surface area contributed by atoms with Gasteiger partial charge in [-0.3, -0.25) is 4.79 Å². The number of aryl methyl sites for hydroxylation is 2. The SMILES string of the molecule is Cc1ccc(C)c(OCc2ncc(C=O)cn2)c1. The molecule has 0 N–H and O–H groups in total. The molecule has 0 saturated carbocycles. The van der Waals surface area contributed by atoms with Gasteiger partial charge in [0.05, 0.1) is 5.56 Å². The average molecular weight is 242 g/mol. The van der Waals surface area contributed by atoms with Crippen molar-refractivity contribution in [2.75, 3.05) is 0 Å². The Morgan fingerprint density at radius 1 is 1.22 bits per heavy atom. The third kappa shape index (κ3) is 2.91. The fourth-order valence-corrected chi connectivity index (χ4v) is 1.51. The van der Waals surface area contributed by atoms with Crippen molar-refractivity contribution < 1.29 is 9.53 Å². The van der Waals surface area contributed by atoms with Gasteiger partial charge in [0, 0.05) is 12.4 Å². The molecule has 4 nitrogen and oxygen atoms in total. The lowest BCUT2D eigenvalue weighted by molar-refractivity contribution is 0.112. The summed E-state index contributed by atoms with van der Waals surface area (Å²) in [6.07, 6.45) is 3.69. The lowest BCUT2D eigenvalue weighted by Gasteiger charge is -2.09. The van der Waals surface area contributed by atoms with Gasteiger partial charge in [-0.2, -0.15) is 0 Å². The van der Waals surface area contributed by atoms with E-state index in [1.54, 1.807) is 0 Å². The zero-order valence-corrected chi connectivity index (χ0v) is 10.4. The van der Waals surface area contributed by atoms with Crippen molar-refractivity contribution in [3.05, 3.63) is 53.1 Å². The van der Waals surface area contributed by atoms with Crippen LogP contribution in [0, 0.1) is 13.8 Å². The molecule has 0 aliphatic heterocycles. The summed E-state index contributed by atoms with van der Waals surface area (Å²) in [4.78, 5) is 18.6. The number of aldehydes is 1. The molecule has 4 heteroatoms. The van der Waals surface area contributed by atoms with Crippen LogP contribution in [-0.2, 0) is 6.61 Å². The molecule has 0 radical (unpaired) electrons. The number of hydrogen-bond acceptors (Lipinski definition) is 4. The second-order valence-corrected chi connectivity index (χ2v) is 4.11. The maximum absolute atomic E-state index is 10.5. The van der Waals surface area contributed by atoms with E-state index in [0.29, 0.717) is 18.0 Å². The van der Waals surface area contributed by atoms with Crippen molar-refractivity contribution in [1.82, 2.24) is 9.97 Å². The van der Waals surface area contributed by atoms with Crippen molar-refractivity contribution in [3.63, 3.8) is 0 Å². The highest BCUT2D eigenvalue weighted by atomic mass is 16.5. The fourth-order valence-electron chi connectivity index (χ4n) is 1.51. The van der Waals surface area contributed by atoms with Crippen LogP contribution in [0.1, 0.15) is 27.3 Å². The molecule has 0 spiro atoms. The monoisotopic (exact) mass is 242 g/mol. The first kappa shape index (κ1) is 12.2. The summed E-state index contributed by atoms with van der Waals surface area (Å²) >= 11 is 0. The van der Waals surface area contributed by atoms with Gasteiger partial charge in [-0.05, 0) is 31.0 Å². The zero-order chi connectivity index (χ0) is 13.0. The Hall–Kier alpha value is -2.23. The van der Waals surface area contributed by atoms with E-state index in [0.717, 1.165) is 23.2 Å². The first-order chi connectivity index (χ1) is 8.69. The summed E-state index contributed by atoms with van der Waals surface area (Å²) in [5.74, 6) is 1.39. The molecule has 1 heterocycles. The van der Waals surface area contributed by atoms with Crippen LogP contribution < -0.4 is 4.74 Å². The summed E-state index contributed by atoms with van der Waals surface area (Å²) in [7, 11) is 0. The van der Waals surface area contributed by atoms with E-state index in [2.05, 4.69) is 9.97 Å². The summed E-state index contributed by atoms with van der Waals surface area (Å²) in [6, 6.07) is 6.04. The average Bonchev–Trinajstić information content (AvgIpc) is 2.40. The van der Waals surface area contributed by atoms with Crippen LogP contribution in [0.4, 0.5) is 0 Å². The lowest BCUT2D eigenvalue weighted by atomic mass is 10.1. The second-order valence-electron chi connectivity index (χ2n) is 4.11. The zero-order valence-electron chi connectivity index (χ0n) is 10.4. The molecule has 2 rings (SSSR count). The molecule has 0 aliphatic rings. The highest BCUT2D eigenvalue weighted by Gasteiger charge is 2.02. The van der Waals surface area contributed by atoms with Crippen molar-refractivity contribution >= 4 is 6.29 Å². The van der Waals surface area contributed by atoms with Crippen LogP contribution in [0.2, 0.25) is 0 Å². The Kier molecular flexibility index (Phi) is 3.67. The number of rotatable bonds is 4. The molecule has 92 valence electrons. The fraction of sp³-hybridized carbons (Fsp3) is 0.214. The number of aromatic nitrogens is 2. The van der Waals surface area contributed by atoms with Crippen molar-refractivity contribution in [2.24, 2.45) is 0 Å². The molecule has 0 saturated heterocycles. The Morgan fingerprint density at radius 3 is 2.61 bits per heavy atom. The molecular weight excluding hydrogens is 228 g/mol. The number of carbonyl (C=O) groups is 1. The molecule has 1 aromatic heterocycles. The molecule has 1 aromatic carbocycles. The maximum Gasteiger partial charge on any atom is 0.166 e. The van der Waals surface area contributed by atoms with E-state index in [1.807, 2.05) is 32.0 Å². The van der Waals surface area contributed by atoms with Crippen molar-refractivity contribution in [1.29, 1.82) is 0 Å². The summed E-state index contributed by atoms with van der Waals surface area (Å²) < 4.78 is 5.66. The van der Waals surface area contributed by atoms with Gasteiger partial charge < -0.3 is 4.74 Å². The maximum atomic E-state index is 10.5. The molecule has 0 fully saturated rings. The standard InChI is InChI=1S/C14H14N2O2/c1-10-3-4-11(2)13(5-10)18-9-14-15-6-12(8-17)7-16-14/h3-8H,9H2,1-2H3. The van der Waals surface area contributed by atoms with Gasteiger partial charge in [-0.25, -0.2) is 9.97 Å². The smallest absolute Gasteiger partial charge is 0.166 e. The van der Waals surface area contributed by atoms with Crippen LogP contribution in [0.5, 0.6) is 5.75 Å². The number of nitrogens with zero attached hydrogens (tertiary/aromatic N) is 2. The van der Waals surface area contributed by atoms with Crippen molar-refractivity contribution in [3.8, 4) is 5.75 Å². The van der Waals surface area contributed by atoms with Gasteiger partial charge >= 0.3 is 0 Å². The summed E-state index contributed by atoms with van der Waals surface area (Å²) in [6.45, 7) is 4.30. The second kappa shape index (κ2) is 5.40. The molecular formula is C14H14N2O2. The van der Waals surface area contributed by atoms with Gasteiger partial charge in [-0.15, -0.1) is 0 Å². The number of benzene rings is 1. The van der Waals surface area contributed by atoms with E-state index in [9.17, 15) is 4.79 Å². The van der Waals surface area contributed by atoms with E-state index in [1.165, 1.54) is 12.4 Å². The van der Waals surface area contributed by atoms with Crippen LogP contribution in [-0.4, -0.2) is 16.3 Å². The molecule has 0 atom stereocenters. The highest BCUT2D eigenvalue weighted by Crippen LogP contribution is 2.19. The van der Waals surface area contributed by atoms with E-state index in [4.69, 9.17) is 4.74 Å². The van der Waals surface area contributed by atoms with Crippen LogP contribution in [0.3, 0.4) is 0 Å². The van der Waals surface area contributed by atoms with E-state index >= 15 is 0 Å². The van der Waals surface area contributed by atoms with Crippen LogP contribution in [0.15, 0.2) is 30.6 Å². The van der Waals surface area contributed by atoms with Crippen LogP contribution >= 0.6 is 0 Å². The Morgan fingerprint density at radius 2 is 1.94 bits per heavy atom. The van der Waals surface area contributed by atoms with Crippen molar-refractivity contribution in [2.45, 2.75) is 20.5 Å². The summed E-state index contributed by atoms with van der Waals surface area (Å²) in [5.41, 5.74) is 2.68. The third-order valence-corrected chi connectivity index (χ3v) is 2.56. The molecule has 18 heavy (non-hydrogen) atoms. The minimum Gasteiger partial charge on any atom is -0.485 e. The number of ether oxygens (including phenoxy) is 1. The highest BCUT2D eigenvalue weighted by molar-refractivity contribution is 5.73. The first-order valence-electron chi connectivity index (χ1n) is 5.65. The molecule has 0 unspecified atom stereocenters. The normalized spacial score (nSPS) is 10.1. The molecule has 0 bridgehead atoms. The largest absolute Gasteiger partial charge is 0.485 e. The predicted molar refractivity (Wildman–Crippen MR) is 67.7 cm³/mol. The van der Waals surface area contributed by atoms with E-state index < -0.39 is 0 Å². The number of carbonyl (C=O) groups excluding carboxylic acids is 1. The quantitative estimate of drug-likeness (QED) is 0.773. The van der Waals surface area contributed by atoms with Gasteiger partial charge in [0.15, 0.2) is 12.1 Å². The van der Waals surface area contributed by atoms with Gasteiger partial charge in [-0.1, -0.05) is 12.1 Å². The predicted octanol–water partition coefficient (Wildman–Crippen LogP) is 2.48. The first-order valence-corrected chi connectivity index (χ1v) is 5.65. The van der Waals surface area contributed by atoms with Gasteiger partial charge in [0.2, 0.25) is 0 Å². The van der Waals surface area contributed by atoms with E-state index in [-0.39, 0.29) is 0 Å². The molecule has 2 aromatic rings. The Bertz CT molecular complexity index is 550. The Balaban J connectivity index is 2.06.